The summed E-state index contributed by atoms with van der Waals surface area (Å²) >= 11 is 0. The number of hydrogen-bond acceptors (Lipinski definition) is 4. The van der Waals surface area contributed by atoms with Crippen LogP contribution in [0.5, 0.6) is 5.75 Å². The van der Waals surface area contributed by atoms with Crippen molar-refractivity contribution in [2.45, 2.75) is 19.0 Å². The number of hydrogen-bond donors (Lipinski definition) is 1. The van der Waals surface area contributed by atoms with Gasteiger partial charge in [-0.3, -0.25) is 9.13 Å². The summed E-state index contributed by atoms with van der Waals surface area (Å²) in [6.45, 7) is 1.54. The van der Waals surface area contributed by atoms with Gasteiger partial charge in [0.15, 0.2) is 5.65 Å². The lowest BCUT2D eigenvalue weighted by Gasteiger charge is -2.18. The lowest BCUT2D eigenvalue weighted by molar-refractivity contribution is 0.206. The molecule has 0 aliphatic carbocycles. The van der Waals surface area contributed by atoms with Crippen LogP contribution in [0.3, 0.4) is 0 Å². The molecule has 0 unspecified atom stereocenters. The zero-order valence-corrected chi connectivity index (χ0v) is 16.0. The van der Waals surface area contributed by atoms with Crippen molar-refractivity contribution in [3.8, 4) is 5.75 Å². The molecule has 3 heterocycles. The highest BCUT2D eigenvalue weighted by atomic mass is 16.5. The summed E-state index contributed by atoms with van der Waals surface area (Å²) in [5.74, 6) is 0.784. The number of pyridine rings is 1. The molecule has 2 amide bonds. The van der Waals surface area contributed by atoms with Crippen molar-refractivity contribution in [1.29, 1.82) is 0 Å². The van der Waals surface area contributed by atoms with Crippen LogP contribution in [-0.4, -0.2) is 45.2 Å². The third-order valence-electron chi connectivity index (χ3n) is 5.27. The third kappa shape index (κ3) is 3.21. The second-order valence-electron chi connectivity index (χ2n) is 6.95. The van der Waals surface area contributed by atoms with Crippen LogP contribution in [0.15, 0.2) is 47.4 Å². The van der Waals surface area contributed by atoms with Crippen molar-refractivity contribution in [1.82, 2.24) is 24.3 Å². The van der Waals surface area contributed by atoms with E-state index in [-0.39, 0.29) is 17.8 Å². The molecule has 28 heavy (non-hydrogen) atoms. The number of ether oxygens (including phenoxy) is 1. The average molecular weight is 381 g/mol. The molecule has 8 heteroatoms. The fraction of sp³-hybridized carbons (Fsp3) is 0.350. The molecule has 1 fully saturated rings. The highest BCUT2D eigenvalue weighted by Crippen LogP contribution is 2.24. The van der Waals surface area contributed by atoms with E-state index >= 15 is 0 Å². The van der Waals surface area contributed by atoms with Crippen LogP contribution in [0.2, 0.25) is 0 Å². The smallest absolute Gasteiger partial charge is 0.330 e. The van der Waals surface area contributed by atoms with Crippen molar-refractivity contribution in [2.24, 2.45) is 7.05 Å². The molecule has 1 aliphatic rings. The number of carbonyl (C=O) groups excluding carboxylic acids is 1. The topological polar surface area (TPSA) is 81.4 Å². The molecule has 1 aromatic carbocycles. The average Bonchev–Trinajstić information content (AvgIpc) is 3.30. The van der Waals surface area contributed by atoms with Crippen LogP contribution in [0.25, 0.3) is 11.2 Å². The number of amides is 2. The molecule has 4 rings (SSSR count). The fourth-order valence-corrected chi connectivity index (χ4v) is 3.69. The number of carbonyl (C=O) groups is 1. The number of fused-ring (bicyclic) bond motifs is 1. The Morgan fingerprint density at radius 3 is 2.82 bits per heavy atom. The molecular formula is C20H23N5O3. The van der Waals surface area contributed by atoms with Gasteiger partial charge in [0.1, 0.15) is 5.75 Å². The van der Waals surface area contributed by atoms with E-state index in [1.165, 1.54) is 0 Å². The SMILES string of the molecule is COc1ccc(CNC(=O)N2CC[C@H](n3c(=O)n(C)c4cccnc43)C2)cc1. The number of methoxy groups -OCH3 is 1. The largest absolute Gasteiger partial charge is 0.497 e. The standard InChI is InChI=1S/C20H23N5O3/c1-23-17-4-3-10-21-18(17)25(20(23)27)15-9-11-24(13-15)19(26)22-12-14-5-7-16(28-2)8-6-14/h3-8,10,15H,9,11-13H2,1-2H3,(H,22,26)/t15-/m0/s1. The summed E-state index contributed by atoms with van der Waals surface area (Å²) in [6.07, 6.45) is 2.41. The quantitative estimate of drug-likeness (QED) is 0.748. The van der Waals surface area contributed by atoms with E-state index < -0.39 is 0 Å². The van der Waals surface area contributed by atoms with Crippen molar-refractivity contribution in [2.75, 3.05) is 20.2 Å². The zero-order chi connectivity index (χ0) is 19.7. The van der Waals surface area contributed by atoms with Gasteiger partial charge in [-0.1, -0.05) is 12.1 Å². The van der Waals surface area contributed by atoms with Crippen molar-refractivity contribution in [3.63, 3.8) is 0 Å². The molecule has 1 saturated heterocycles. The lowest BCUT2D eigenvalue weighted by atomic mass is 10.2. The fourth-order valence-electron chi connectivity index (χ4n) is 3.69. The van der Waals surface area contributed by atoms with Crippen molar-refractivity contribution < 1.29 is 9.53 Å². The van der Waals surface area contributed by atoms with Gasteiger partial charge in [0.2, 0.25) is 0 Å². The van der Waals surface area contributed by atoms with Gasteiger partial charge >= 0.3 is 11.7 Å². The first-order valence-electron chi connectivity index (χ1n) is 9.26. The minimum Gasteiger partial charge on any atom is -0.497 e. The van der Waals surface area contributed by atoms with Gasteiger partial charge in [0, 0.05) is 32.9 Å². The maximum absolute atomic E-state index is 12.7. The number of nitrogens with one attached hydrogen (secondary N) is 1. The van der Waals surface area contributed by atoms with Crippen LogP contribution in [0.4, 0.5) is 4.79 Å². The van der Waals surface area contributed by atoms with E-state index in [0.717, 1.165) is 23.3 Å². The van der Waals surface area contributed by atoms with E-state index in [1.54, 1.807) is 34.4 Å². The molecule has 8 nitrogen and oxygen atoms in total. The Balaban J connectivity index is 1.43. The summed E-state index contributed by atoms with van der Waals surface area (Å²) in [5.41, 5.74) is 2.37. The molecule has 0 saturated carbocycles. The van der Waals surface area contributed by atoms with E-state index in [4.69, 9.17) is 4.74 Å². The summed E-state index contributed by atoms with van der Waals surface area (Å²) in [6, 6.07) is 11.1. The van der Waals surface area contributed by atoms with E-state index in [9.17, 15) is 9.59 Å². The van der Waals surface area contributed by atoms with Gasteiger partial charge < -0.3 is 15.0 Å². The van der Waals surface area contributed by atoms with Gasteiger partial charge in [-0.2, -0.15) is 0 Å². The van der Waals surface area contributed by atoms with Crippen molar-refractivity contribution >= 4 is 17.2 Å². The van der Waals surface area contributed by atoms with Gasteiger partial charge in [0.25, 0.3) is 0 Å². The number of likely N-dealkylation sites (tertiary alicyclic amines) is 1. The number of benzene rings is 1. The first kappa shape index (κ1) is 18.1. The first-order valence-corrected chi connectivity index (χ1v) is 9.26. The highest BCUT2D eigenvalue weighted by Gasteiger charge is 2.30. The molecule has 3 aromatic rings. The highest BCUT2D eigenvalue weighted by molar-refractivity contribution is 5.75. The normalized spacial score (nSPS) is 16.5. The molecule has 146 valence electrons. The number of rotatable bonds is 4. The van der Waals surface area contributed by atoms with Crippen LogP contribution < -0.4 is 15.7 Å². The van der Waals surface area contributed by atoms with Crippen LogP contribution in [-0.2, 0) is 13.6 Å². The van der Waals surface area contributed by atoms with Gasteiger partial charge in [-0.15, -0.1) is 0 Å². The van der Waals surface area contributed by atoms with E-state index in [1.807, 2.05) is 36.4 Å². The molecular weight excluding hydrogens is 358 g/mol. The molecule has 2 aromatic heterocycles. The van der Waals surface area contributed by atoms with E-state index in [0.29, 0.717) is 25.3 Å². The summed E-state index contributed by atoms with van der Waals surface area (Å²) < 4.78 is 8.46. The number of urea groups is 1. The van der Waals surface area contributed by atoms with Crippen molar-refractivity contribution in [3.05, 3.63) is 58.6 Å². The lowest BCUT2D eigenvalue weighted by Crippen LogP contribution is -2.38. The predicted molar refractivity (Wildman–Crippen MR) is 105 cm³/mol. The third-order valence-corrected chi connectivity index (χ3v) is 5.27. The summed E-state index contributed by atoms with van der Waals surface area (Å²) in [7, 11) is 3.37. The molecule has 0 bridgehead atoms. The van der Waals surface area contributed by atoms with Crippen LogP contribution >= 0.6 is 0 Å². The van der Waals surface area contributed by atoms with Gasteiger partial charge in [-0.25, -0.2) is 14.6 Å². The molecule has 1 N–H and O–H groups in total. The maximum atomic E-state index is 12.7. The number of nitrogens with zero attached hydrogens (tertiary/aromatic N) is 4. The van der Waals surface area contributed by atoms with Crippen LogP contribution in [0, 0.1) is 0 Å². The number of imidazole rings is 1. The Morgan fingerprint density at radius 2 is 2.07 bits per heavy atom. The predicted octanol–water partition coefficient (Wildman–Crippen LogP) is 1.90. The molecule has 1 atom stereocenters. The minimum absolute atomic E-state index is 0.0714. The number of aromatic nitrogens is 3. The van der Waals surface area contributed by atoms with Gasteiger partial charge in [-0.05, 0) is 36.2 Å². The maximum Gasteiger partial charge on any atom is 0.330 e. The summed E-state index contributed by atoms with van der Waals surface area (Å²) in [5, 5.41) is 2.95. The van der Waals surface area contributed by atoms with Crippen LogP contribution in [0.1, 0.15) is 18.0 Å². The molecule has 0 radical (unpaired) electrons. The molecule has 1 aliphatic heterocycles. The monoisotopic (exact) mass is 381 g/mol. The number of aryl methyl sites for hydroxylation is 1. The second kappa shape index (κ2) is 7.38. The Kier molecular flexibility index (Phi) is 4.77. The first-order chi connectivity index (χ1) is 13.6. The Hall–Kier alpha value is -3.29. The Labute approximate surface area is 162 Å². The second-order valence-corrected chi connectivity index (χ2v) is 6.95. The zero-order valence-electron chi connectivity index (χ0n) is 16.0. The summed E-state index contributed by atoms with van der Waals surface area (Å²) in [4.78, 5) is 31.4. The molecule has 0 spiro atoms. The van der Waals surface area contributed by atoms with E-state index in [2.05, 4.69) is 10.3 Å². The Bertz CT molecular complexity index is 1050. The Morgan fingerprint density at radius 1 is 1.29 bits per heavy atom. The van der Waals surface area contributed by atoms with Gasteiger partial charge in [0.05, 0.1) is 18.7 Å². The minimum atomic E-state index is -0.125.